The predicted molar refractivity (Wildman–Crippen MR) is 66.9 cm³/mol. The van der Waals surface area contributed by atoms with E-state index < -0.39 is 5.91 Å². The second-order valence-corrected chi connectivity index (χ2v) is 4.65. The van der Waals surface area contributed by atoms with Crippen molar-refractivity contribution in [3.05, 3.63) is 24.8 Å². The summed E-state index contributed by atoms with van der Waals surface area (Å²) in [6, 6.07) is 3.56. The average molecular weight is 403 g/mol. The highest BCUT2D eigenvalue weighted by molar-refractivity contribution is 14.1. The Kier molecular flexibility index (Phi) is 3.77. The molecular formula is C8H7I2NO2. The second kappa shape index (κ2) is 4.45. The zero-order valence-electron chi connectivity index (χ0n) is 6.80. The number of carbonyl (C=O) groups excluding carboxylic acids is 1. The van der Waals surface area contributed by atoms with Crippen LogP contribution >= 0.6 is 45.2 Å². The van der Waals surface area contributed by atoms with Gasteiger partial charge in [0.2, 0.25) is 0 Å². The van der Waals surface area contributed by atoms with Crippen LogP contribution in [0, 0.1) is 7.14 Å². The molecular weight excluding hydrogens is 396 g/mol. The molecule has 1 amide bonds. The number of primary amides is 1. The van der Waals surface area contributed by atoms with Crippen LogP contribution < -0.4 is 10.5 Å². The number of rotatable bonds is 2. The summed E-state index contributed by atoms with van der Waals surface area (Å²) in [5.41, 5.74) is 5.78. The van der Waals surface area contributed by atoms with Gasteiger partial charge in [-0.3, -0.25) is 4.79 Å². The molecule has 0 bridgehead atoms. The van der Waals surface area contributed by atoms with Crippen LogP contribution in [0.2, 0.25) is 0 Å². The molecule has 0 aliphatic rings. The molecule has 0 aromatic heterocycles. The van der Waals surface area contributed by atoms with Crippen LogP contribution in [-0.2, 0) is 0 Å². The minimum absolute atomic E-state index is 0.406. The summed E-state index contributed by atoms with van der Waals surface area (Å²) in [4.78, 5) is 11.0. The van der Waals surface area contributed by atoms with E-state index in [9.17, 15) is 4.79 Å². The zero-order chi connectivity index (χ0) is 10.0. The molecule has 1 aromatic rings. The number of methoxy groups -OCH3 is 1. The van der Waals surface area contributed by atoms with Crippen molar-refractivity contribution in [3.63, 3.8) is 0 Å². The summed E-state index contributed by atoms with van der Waals surface area (Å²) < 4.78 is 6.68. The van der Waals surface area contributed by atoms with E-state index in [1.165, 1.54) is 0 Å². The van der Waals surface area contributed by atoms with E-state index in [1.807, 2.05) is 0 Å². The van der Waals surface area contributed by atoms with E-state index >= 15 is 0 Å². The maximum absolute atomic E-state index is 11.0. The first-order valence-corrected chi connectivity index (χ1v) is 5.55. The van der Waals surface area contributed by atoms with Crippen molar-refractivity contribution in [2.75, 3.05) is 7.11 Å². The molecule has 2 N–H and O–H groups in total. The Hall–Kier alpha value is -0.0500. The van der Waals surface area contributed by atoms with Gasteiger partial charge in [-0.1, -0.05) is 0 Å². The van der Waals surface area contributed by atoms with Crippen LogP contribution in [0.5, 0.6) is 5.75 Å². The number of ether oxygens (including phenoxy) is 1. The minimum Gasteiger partial charge on any atom is -0.497 e. The number of nitrogens with two attached hydrogens (primary N) is 1. The van der Waals surface area contributed by atoms with Gasteiger partial charge in [-0.2, -0.15) is 0 Å². The van der Waals surface area contributed by atoms with Crippen molar-refractivity contribution in [2.24, 2.45) is 5.73 Å². The van der Waals surface area contributed by atoms with Crippen molar-refractivity contribution < 1.29 is 9.53 Å². The maximum atomic E-state index is 11.0. The van der Waals surface area contributed by atoms with Crippen LogP contribution in [0.1, 0.15) is 10.4 Å². The van der Waals surface area contributed by atoms with Gasteiger partial charge in [0.05, 0.1) is 12.7 Å². The van der Waals surface area contributed by atoms with E-state index in [-0.39, 0.29) is 0 Å². The fraction of sp³-hybridized carbons (Fsp3) is 0.125. The van der Waals surface area contributed by atoms with Crippen LogP contribution in [0.3, 0.4) is 0 Å². The van der Waals surface area contributed by atoms with Crippen molar-refractivity contribution in [2.45, 2.75) is 0 Å². The largest absolute Gasteiger partial charge is 0.497 e. The first kappa shape index (κ1) is 11.0. The summed E-state index contributed by atoms with van der Waals surface area (Å²) in [5.74, 6) is 0.329. The Labute approximate surface area is 103 Å². The minimum atomic E-state index is -0.406. The van der Waals surface area contributed by atoms with Gasteiger partial charge in [0, 0.05) is 7.14 Å². The smallest absolute Gasteiger partial charge is 0.250 e. The third-order valence-electron chi connectivity index (χ3n) is 1.50. The van der Waals surface area contributed by atoms with Gasteiger partial charge in [-0.15, -0.1) is 0 Å². The molecule has 0 heterocycles. The Balaban J connectivity index is 3.31. The third kappa shape index (κ3) is 2.46. The SMILES string of the molecule is COc1cc(I)c(C(N)=O)c(I)c1. The number of halogens is 2. The Morgan fingerprint density at radius 1 is 1.38 bits per heavy atom. The first-order valence-electron chi connectivity index (χ1n) is 3.39. The Morgan fingerprint density at radius 2 is 1.85 bits per heavy atom. The van der Waals surface area contributed by atoms with E-state index in [0.29, 0.717) is 5.56 Å². The lowest BCUT2D eigenvalue weighted by molar-refractivity contribution is 0.0998. The van der Waals surface area contributed by atoms with E-state index in [4.69, 9.17) is 10.5 Å². The molecule has 0 fully saturated rings. The second-order valence-electron chi connectivity index (χ2n) is 2.33. The lowest BCUT2D eigenvalue weighted by Crippen LogP contribution is -2.14. The topological polar surface area (TPSA) is 52.3 Å². The van der Waals surface area contributed by atoms with Crippen molar-refractivity contribution in [1.29, 1.82) is 0 Å². The molecule has 0 saturated heterocycles. The van der Waals surface area contributed by atoms with Crippen LogP contribution in [-0.4, -0.2) is 13.0 Å². The van der Waals surface area contributed by atoms with Crippen molar-refractivity contribution >= 4 is 51.1 Å². The highest BCUT2D eigenvalue weighted by atomic mass is 127. The lowest BCUT2D eigenvalue weighted by atomic mass is 10.2. The summed E-state index contributed by atoms with van der Waals surface area (Å²) in [6.45, 7) is 0. The number of carbonyl (C=O) groups is 1. The van der Waals surface area contributed by atoms with E-state index in [0.717, 1.165) is 12.9 Å². The molecule has 0 aliphatic heterocycles. The highest BCUT2D eigenvalue weighted by Crippen LogP contribution is 2.24. The molecule has 0 aliphatic carbocycles. The van der Waals surface area contributed by atoms with E-state index in [2.05, 4.69) is 45.2 Å². The third-order valence-corrected chi connectivity index (χ3v) is 3.20. The molecule has 13 heavy (non-hydrogen) atoms. The maximum Gasteiger partial charge on any atom is 0.250 e. The van der Waals surface area contributed by atoms with Gasteiger partial charge < -0.3 is 10.5 Å². The van der Waals surface area contributed by atoms with Crippen LogP contribution in [0.15, 0.2) is 12.1 Å². The van der Waals surface area contributed by atoms with Gasteiger partial charge in [0.1, 0.15) is 5.75 Å². The molecule has 0 saturated carbocycles. The molecule has 0 atom stereocenters. The quantitative estimate of drug-likeness (QED) is 0.769. The van der Waals surface area contributed by atoms with Crippen molar-refractivity contribution in [3.8, 4) is 5.75 Å². The van der Waals surface area contributed by atoms with Gasteiger partial charge in [0.15, 0.2) is 0 Å². The summed E-state index contributed by atoms with van der Waals surface area (Å²) >= 11 is 4.13. The molecule has 70 valence electrons. The Bertz CT molecular complexity index is 329. The van der Waals surface area contributed by atoms with E-state index in [1.54, 1.807) is 19.2 Å². The van der Waals surface area contributed by atoms with Crippen LogP contribution in [0.4, 0.5) is 0 Å². The summed E-state index contributed by atoms with van der Waals surface area (Å²) in [7, 11) is 1.59. The molecule has 1 aromatic carbocycles. The fourth-order valence-electron chi connectivity index (χ4n) is 0.903. The molecule has 0 unspecified atom stereocenters. The summed E-state index contributed by atoms with van der Waals surface area (Å²) in [5, 5.41) is 0. The fourth-order valence-corrected chi connectivity index (χ4v) is 3.15. The molecule has 3 nitrogen and oxygen atoms in total. The molecule has 1 rings (SSSR count). The predicted octanol–water partition coefficient (Wildman–Crippen LogP) is 2.00. The van der Waals surface area contributed by atoms with Gasteiger partial charge in [0.25, 0.3) is 5.91 Å². The zero-order valence-corrected chi connectivity index (χ0v) is 11.1. The number of hydrogen-bond acceptors (Lipinski definition) is 2. The molecule has 0 radical (unpaired) electrons. The van der Waals surface area contributed by atoms with Gasteiger partial charge in [-0.05, 0) is 57.3 Å². The summed E-state index contributed by atoms with van der Waals surface area (Å²) in [6.07, 6.45) is 0. The first-order chi connectivity index (χ1) is 6.06. The van der Waals surface area contributed by atoms with Crippen molar-refractivity contribution in [1.82, 2.24) is 0 Å². The normalized spacial score (nSPS) is 9.77. The highest BCUT2D eigenvalue weighted by Gasteiger charge is 2.12. The van der Waals surface area contributed by atoms with Crippen LogP contribution in [0.25, 0.3) is 0 Å². The Morgan fingerprint density at radius 3 is 2.15 bits per heavy atom. The molecule has 5 heteroatoms. The lowest BCUT2D eigenvalue weighted by Gasteiger charge is -2.06. The van der Waals surface area contributed by atoms with Gasteiger partial charge >= 0.3 is 0 Å². The molecule has 0 spiro atoms. The van der Waals surface area contributed by atoms with Gasteiger partial charge in [-0.25, -0.2) is 0 Å². The standard InChI is InChI=1S/C8H7I2NO2/c1-13-4-2-5(9)7(8(11)12)6(10)3-4/h2-3H,1H3,(H2,11,12). The number of benzene rings is 1. The number of hydrogen-bond donors (Lipinski definition) is 1. The monoisotopic (exact) mass is 403 g/mol. The average Bonchev–Trinajstić information content (AvgIpc) is 2.02. The number of amides is 1.